The van der Waals surface area contributed by atoms with Gasteiger partial charge < -0.3 is 5.32 Å². The number of carbonyl (C=O) groups is 1. The van der Waals surface area contributed by atoms with Crippen LogP contribution in [-0.4, -0.2) is 6.41 Å². The Morgan fingerprint density at radius 2 is 2.08 bits per heavy atom. The molecule has 64 valence electrons. The van der Waals surface area contributed by atoms with E-state index < -0.39 is 11.6 Å². The van der Waals surface area contributed by atoms with Crippen molar-refractivity contribution in [1.29, 1.82) is 0 Å². The van der Waals surface area contributed by atoms with E-state index in [9.17, 15) is 13.6 Å². The lowest BCUT2D eigenvalue weighted by molar-refractivity contribution is -0.105. The van der Waals surface area contributed by atoms with Crippen LogP contribution in [0.15, 0.2) is 17.0 Å². The SMILES string of the molecule is O=CNc1c(F)cc(F)cc1S. The van der Waals surface area contributed by atoms with Crippen LogP contribution in [0.25, 0.3) is 0 Å². The number of carbonyl (C=O) groups excluding carboxylic acids is 1. The molecule has 1 aromatic rings. The van der Waals surface area contributed by atoms with Crippen LogP contribution in [0.2, 0.25) is 0 Å². The summed E-state index contributed by atoms with van der Waals surface area (Å²) < 4.78 is 25.2. The topological polar surface area (TPSA) is 29.1 Å². The minimum atomic E-state index is -0.841. The largest absolute Gasteiger partial charge is 0.325 e. The Morgan fingerprint density at radius 3 is 2.58 bits per heavy atom. The molecule has 0 saturated carbocycles. The predicted octanol–water partition coefficient (Wildman–Crippen LogP) is 1.82. The van der Waals surface area contributed by atoms with E-state index in [0.717, 1.165) is 6.07 Å². The molecule has 0 bridgehead atoms. The molecule has 0 unspecified atom stereocenters. The summed E-state index contributed by atoms with van der Waals surface area (Å²) in [6.07, 6.45) is 0.302. The van der Waals surface area contributed by atoms with Gasteiger partial charge in [-0.3, -0.25) is 4.79 Å². The standard InChI is InChI=1S/C7H5F2NOS/c8-4-1-5(9)7(10-3-11)6(12)2-4/h1-3,12H,(H,10,11). The van der Waals surface area contributed by atoms with Gasteiger partial charge in [0, 0.05) is 11.0 Å². The molecule has 1 aromatic carbocycles. The molecule has 0 aliphatic carbocycles. The normalized spacial score (nSPS) is 9.58. The lowest BCUT2D eigenvalue weighted by Gasteiger charge is -2.03. The summed E-state index contributed by atoms with van der Waals surface area (Å²) in [7, 11) is 0. The van der Waals surface area contributed by atoms with Gasteiger partial charge in [0.1, 0.15) is 5.82 Å². The van der Waals surface area contributed by atoms with Crippen LogP contribution < -0.4 is 5.32 Å². The Morgan fingerprint density at radius 1 is 1.42 bits per heavy atom. The maximum atomic E-state index is 12.8. The summed E-state index contributed by atoms with van der Waals surface area (Å²) in [5.41, 5.74) is -0.116. The van der Waals surface area contributed by atoms with E-state index >= 15 is 0 Å². The van der Waals surface area contributed by atoms with Crippen LogP contribution in [-0.2, 0) is 4.79 Å². The van der Waals surface area contributed by atoms with Crippen molar-refractivity contribution in [2.24, 2.45) is 0 Å². The first kappa shape index (κ1) is 8.99. The zero-order valence-electron chi connectivity index (χ0n) is 5.84. The van der Waals surface area contributed by atoms with Gasteiger partial charge in [-0.1, -0.05) is 0 Å². The maximum Gasteiger partial charge on any atom is 0.211 e. The van der Waals surface area contributed by atoms with Crippen LogP contribution in [0, 0.1) is 11.6 Å². The predicted molar refractivity (Wildman–Crippen MR) is 43.3 cm³/mol. The number of thiol groups is 1. The fraction of sp³-hybridized carbons (Fsp3) is 0. The average Bonchev–Trinajstić information content (AvgIpc) is 1.96. The molecule has 0 aliphatic heterocycles. The molecule has 1 N–H and O–H groups in total. The molecule has 0 heterocycles. The molecule has 0 fully saturated rings. The molecule has 1 rings (SSSR count). The monoisotopic (exact) mass is 189 g/mol. The van der Waals surface area contributed by atoms with Gasteiger partial charge in [0.15, 0.2) is 5.82 Å². The Labute approximate surface area is 73.0 Å². The Bertz CT molecular complexity index is 293. The molecular weight excluding hydrogens is 184 g/mol. The summed E-state index contributed by atoms with van der Waals surface area (Å²) in [5.74, 6) is -1.57. The lowest BCUT2D eigenvalue weighted by Crippen LogP contribution is -1.99. The first-order valence-corrected chi connectivity index (χ1v) is 3.48. The van der Waals surface area contributed by atoms with Crippen molar-refractivity contribution < 1.29 is 13.6 Å². The van der Waals surface area contributed by atoms with Gasteiger partial charge in [0.2, 0.25) is 6.41 Å². The van der Waals surface area contributed by atoms with Crippen molar-refractivity contribution >= 4 is 24.7 Å². The molecule has 0 aromatic heterocycles. The minimum absolute atomic E-state index is 0.0552. The number of anilines is 1. The van der Waals surface area contributed by atoms with Crippen LogP contribution in [0.3, 0.4) is 0 Å². The van der Waals surface area contributed by atoms with Gasteiger partial charge >= 0.3 is 0 Å². The van der Waals surface area contributed by atoms with E-state index in [1.807, 2.05) is 0 Å². The number of hydrogen-bond acceptors (Lipinski definition) is 2. The molecule has 0 aliphatic rings. The number of rotatable bonds is 2. The van der Waals surface area contributed by atoms with Crippen LogP contribution in [0.1, 0.15) is 0 Å². The van der Waals surface area contributed by atoms with Gasteiger partial charge in [0.05, 0.1) is 5.69 Å². The van der Waals surface area contributed by atoms with Crippen molar-refractivity contribution in [3.05, 3.63) is 23.8 Å². The fourth-order valence-electron chi connectivity index (χ4n) is 0.762. The van der Waals surface area contributed by atoms with Crippen molar-refractivity contribution in [1.82, 2.24) is 0 Å². The molecule has 0 saturated heterocycles. The second kappa shape index (κ2) is 3.53. The second-order valence-corrected chi connectivity index (χ2v) is 2.53. The highest BCUT2D eigenvalue weighted by molar-refractivity contribution is 7.80. The van der Waals surface area contributed by atoms with E-state index in [1.165, 1.54) is 0 Å². The third-order valence-corrected chi connectivity index (χ3v) is 1.59. The van der Waals surface area contributed by atoms with Crippen molar-refractivity contribution in [2.45, 2.75) is 4.90 Å². The number of halogens is 2. The van der Waals surface area contributed by atoms with E-state index in [1.54, 1.807) is 0 Å². The summed E-state index contributed by atoms with van der Waals surface area (Å²) in [6, 6.07) is 1.68. The molecule has 12 heavy (non-hydrogen) atoms. The highest BCUT2D eigenvalue weighted by Gasteiger charge is 2.07. The second-order valence-electron chi connectivity index (χ2n) is 2.04. The van der Waals surface area contributed by atoms with Gasteiger partial charge in [-0.2, -0.15) is 0 Å². The zero-order valence-corrected chi connectivity index (χ0v) is 6.74. The molecule has 1 amide bonds. The average molecular weight is 189 g/mol. The van der Waals surface area contributed by atoms with E-state index in [2.05, 4.69) is 17.9 Å². The van der Waals surface area contributed by atoms with Crippen molar-refractivity contribution in [3.8, 4) is 0 Å². The van der Waals surface area contributed by atoms with E-state index in [0.29, 0.717) is 12.5 Å². The molecule has 0 spiro atoms. The van der Waals surface area contributed by atoms with Gasteiger partial charge in [-0.15, -0.1) is 12.6 Å². The third-order valence-electron chi connectivity index (χ3n) is 1.24. The number of benzene rings is 1. The van der Waals surface area contributed by atoms with Crippen LogP contribution in [0.4, 0.5) is 14.5 Å². The smallest absolute Gasteiger partial charge is 0.211 e. The summed E-state index contributed by atoms with van der Waals surface area (Å²) in [5, 5.41) is 2.07. The summed E-state index contributed by atoms with van der Waals surface area (Å²) in [6.45, 7) is 0. The Balaban J connectivity index is 3.18. The van der Waals surface area contributed by atoms with Gasteiger partial charge in [0.25, 0.3) is 0 Å². The van der Waals surface area contributed by atoms with Gasteiger partial charge in [-0.05, 0) is 6.07 Å². The maximum absolute atomic E-state index is 12.8. The van der Waals surface area contributed by atoms with Crippen molar-refractivity contribution in [2.75, 3.05) is 5.32 Å². The van der Waals surface area contributed by atoms with E-state index in [-0.39, 0.29) is 10.6 Å². The highest BCUT2D eigenvalue weighted by atomic mass is 32.1. The third kappa shape index (κ3) is 1.73. The lowest BCUT2D eigenvalue weighted by atomic mass is 10.3. The summed E-state index contributed by atoms with van der Waals surface area (Å²) in [4.78, 5) is 10.0. The molecule has 5 heteroatoms. The molecular formula is C7H5F2NOS. The number of nitrogens with one attached hydrogen (secondary N) is 1. The molecule has 0 radical (unpaired) electrons. The first-order valence-electron chi connectivity index (χ1n) is 3.03. The van der Waals surface area contributed by atoms with Crippen LogP contribution in [0.5, 0.6) is 0 Å². The Hall–Kier alpha value is -1.10. The van der Waals surface area contributed by atoms with Crippen LogP contribution >= 0.6 is 12.6 Å². The van der Waals surface area contributed by atoms with E-state index in [4.69, 9.17) is 0 Å². The first-order chi connectivity index (χ1) is 5.65. The Kier molecular flexibility index (Phi) is 2.65. The fourth-order valence-corrected chi connectivity index (χ4v) is 1.06. The zero-order chi connectivity index (χ0) is 9.14. The molecule has 0 atom stereocenters. The summed E-state index contributed by atoms with van der Waals surface area (Å²) >= 11 is 3.77. The minimum Gasteiger partial charge on any atom is -0.325 e. The quantitative estimate of drug-likeness (QED) is 0.539. The van der Waals surface area contributed by atoms with Crippen molar-refractivity contribution in [3.63, 3.8) is 0 Å². The number of amides is 1. The highest BCUT2D eigenvalue weighted by Crippen LogP contribution is 2.23. The number of hydrogen-bond donors (Lipinski definition) is 2. The molecule has 2 nitrogen and oxygen atoms in total. The van der Waals surface area contributed by atoms with Gasteiger partial charge in [-0.25, -0.2) is 8.78 Å².